The van der Waals surface area contributed by atoms with Gasteiger partial charge in [0.15, 0.2) is 0 Å². The highest BCUT2D eigenvalue weighted by Crippen LogP contribution is 2.41. The quantitative estimate of drug-likeness (QED) is 0.898. The number of nitrogens with one attached hydrogen (secondary N) is 1. The van der Waals surface area contributed by atoms with Crippen LogP contribution in [-0.2, 0) is 13.5 Å². The average Bonchev–Trinajstić information content (AvgIpc) is 2.78. The van der Waals surface area contributed by atoms with Crippen LogP contribution in [0.3, 0.4) is 0 Å². The normalized spacial score (nSPS) is 30.9. The van der Waals surface area contributed by atoms with Crippen molar-refractivity contribution in [2.45, 2.75) is 64.3 Å². The molecule has 2 fully saturated rings. The molecule has 19 heavy (non-hydrogen) atoms. The van der Waals surface area contributed by atoms with Crippen LogP contribution >= 0.6 is 0 Å². The van der Waals surface area contributed by atoms with Gasteiger partial charge in [0, 0.05) is 19.3 Å². The van der Waals surface area contributed by atoms with Crippen molar-refractivity contribution in [3.05, 3.63) is 11.9 Å². The van der Waals surface area contributed by atoms with Gasteiger partial charge in [-0.1, -0.05) is 32.6 Å². The zero-order valence-corrected chi connectivity index (χ0v) is 12.4. The molecule has 3 unspecified atom stereocenters. The minimum Gasteiger partial charge on any atom is -0.380 e. The Morgan fingerprint density at radius 3 is 2.79 bits per heavy atom. The molecule has 3 atom stereocenters. The topological polar surface area (TPSA) is 29.9 Å². The molecule has 106 valence electrons. The zero-order chi connectivity index (χ0) is 13.2. The van der Waals surface area contributed by atoms with Gasteiger partial charge in [0.25, 0.3) is 0 Å². The van der Waals surface area contributed by atoms with E-state index in [1.165, 1.54) is 56.3 Å². The van der Waals surface area contributed by atoms with Crippen LogP contribution < -0.4 is 5.32 Å². The van der Waals surface area contributed by atoms with Crippen molar-refractivity contribution in [2.75, 3.05) is 5.32 Å². The van der Waals surface area contributed by atoms with E-state index in [1.54, 1.807) is 0 Å². The van der Waals surface area contributed by atoms with Crippen molar-refractivity contribution in [1.29, 1.82) is 0 Å². The summed E-state index contributed by atoms with van der Waals surface area (Å²) in [5.41, 5.74) is 2.48. The summed E-state index contributed by atoms with van der Waals surface area (Å²) < 4.78 is 1.94. The van der Waals surface area contributed by atoms with Crippen LogP contribution in [0, 0.1) is 11.8 Å². The zero-order valence-electron chi connectivity index (χ0n) is 12.4. The van der Waals surface area contributed by atoms with Crippen molar-refractivity contribution in [2.24, 2.45) is 18.9 Å². The second-order valence-corrected chi connectivity index (χ2v) is 6.48. The molecule has 1 aromatic rings. The van der Waals surface area contributed by atoms with Gasteiger partial charge in [-0.2, -0.15) is 5.10 Å². The molecule has 3 rings (SSSR count). The smallest absolute Gasteiger partial charge is 0.0853 e. The molecule has 1 aromatic heterocycles. The number of aryl methyl sites for hydroxylation is 2. The van der Waals surface area contributed by atoms with Crippen LogP contribution in [0.15, 0.2) is 6.20 Å². The molecule has 1 heterocycles. The molecular weight excluding hydrogens is 234 g/mol. The molecule has 2 aliphatic carbocycles. The SMILES string of the molecule is CCc1nn(C)cc1NC1CCC2CCCCC2C1. The van der Waals surface area contributed by atoms with E-state index >= 15 is 0 Å². The Morgan fingerprint density at radius 2 is 2.00 bits per heavy atom. The van der Waals surface area contributed by atoms with Gasteiger partial charge in [-0.05, 0) is 37.5 Å². The molecule has 0 radical (unpaired) electrons. The van der Waals surface area contributed by atoms with Crippen molar-refractivity contribution in [3.8, 4) is 0 Å². The summed E-state index contributed by atoms with van der Waals surface area (Å²) in [4.78, 5) is 0. The van der Waals surface area contributed by atoms with Gasteiger partial charge in [-0.15, -0.1) is 0 Å². The van der Waals surface area contributed by atoms with E-state index < -0.39 is 0 Å². The molecule has 0 spiro atoms. The number of aromatic nitrogens is 2. The van der Waals surface area contributed by atoms with E-state index in [0.717, 1.165) is 18.3 Å². The Bertz CT molecular complexity index is 424. The lowest BCUT2D eigenvalue weighted by Gasteiger charge is -2.39. The third-order valence-electron chi connectivity index (χ3n) is 5.14. The second kappa shape index (κ2) is 5.56. The minimum absolute atomic E-state index is 0.675. The lowest BCUT2D eigenvalue weighted by atomic mass is 9.69. The van der Waals surface area contributed by atoms with Crippen molar-refractivity contribution in [1.82, 2.24) is 9.78 Å². The monoisotopic (exact) mass is 261 g/mol. The van der Waals surface area contributed by atoms with Crippen molar-refractivity contribution in [3.63, 3.8) is 0 Å². The van der Waals surface area contributed by atoms with Crippen LogP contribution in [0.4, 0.5) is 5.69 Å². The van der Waals surface area contributed by atoms with Crippen molar-refractivity contribution < 1.29 is 0 Å². The maximum atomic E-state index is 4.53. The average molecular weight is 261 g/mol. The highest BCUT2D eigenvalue weighted by molar-refractivity contribution is 5.47. The molecule has 3 nitrogen and oxygen atoms in total. The Kier molecular flexibility index (Phi) is 3.81. The Morgan fingerprint density at radius 1 is 1.21 bits per heavy atom. The highest BCUT2D eigenvalue weighted by Gasteiger charge is 2.32. The van der Waals surface area contributed by atoms with E-state index in [2.05, 4.69) is 23.5 Å². The first-order valence-electron chi connectivity index (χ1n) is 8.05. The Balaban J connectivity index is 1.63. The molecule has 0 bridgehead atoms. The van der Waals surface area contributed by atoms with E-state index in [0.29, 0.717) is 6.04 Å². The van der Waals surface area contributed by atoms with E-state index in [4.69, 9.17) is 0 Å². The standard InChI is InChI=1S/C16H27N3/c1-3-15-16(11-19(2)18-15)17-14-9-8-12-6-4-5-7-13(12)10-14/h11-14,17H,3-10H2,1-2H3. The van der Waals surface area contributed by atoms with Crippen LogP contribution in [0.5, 0.6) is 0 Å². The van der Waals surface area contributed by atoms with Crippen LogP contribution in [0.2, 0.25) is 0 Å². The van der Waals surface area contributed by atoms with Gasteiger partial charge in [-0.25, -0.2) is 0 Å². The van der Waals surface area contributed by atoms with E-state index in [9.17, 15) is 0 Å². The summed E-state index contributed by atoms with van der Waals surface area (Å²) in [6, 6.07) is 0.675. The summed E-state index contributed by atoms with van der Waals surface area (Å²) in [6.45, 7) is 2.19. The predicted molar refractivity (Wildman–Crippen MR) is 79.3 cm³/mol. The summed E-state index contributed by atoms with van der Waals surface area (Å²) in [5, 5.41) is 8.30. The third-order valence-corrected chi connectivity index (χ3v) is 5.14. The van der Waals surface area contributed by atoms with Crippen molar-refractivity contribution >= 4 is 5.69 Å². The molecular formula is C16H27N3. The van der Waals surface area contributed by atoms with Gasteiger partial charge in [-0.3, -0.25) is 4.68 Å². The summed E-state index contributed by atoms with van der Waals surface area (Å²) in [5.74, 6) is 2.02. The molecule has 1 N–H and O–H groups in total. The summed E-state index contributed by atoms with van der Waals surface area (Å²) in [6.07, 6.45) is 13.2. The fraction of sp³-hybridized carbons (Fsp3) is 0.812. The maximum absolute atomic E-state index is 4.53. The number of anilines is 1. The number of rotatable bonds is 3. The molecule has 2 aliphatic rings. The first kappa shape index (κ1) is 13.0. The number of hydrogen-bond donors (Lipinski definition) is 1. The number of hydrogen-bond acceptors (Lipinski definition) is 2. The summed E-state index contributed by atoms with van der Waals surface area (Å²) >= 11 is 0. The van der Waals surface area contributed by atoms with Gasteiger partial charge in [0.2, 0.25) is 0 Å². The minimum atomic E-state index is 0.675. The highest BCUT2D eigenvalue weighted by atomic mass is 15.3. The molecule has 3 heteroatoms. The van der Waals surface area contributed by atoms with Gasteiger partial charge in [0.05, 0.1) is 11.4 Å². The molecule has 0 amide bonds. The summed E-state index contributed by atoms with van der Waals surface area (Å²) in [7, 11) is 2.02. The second-order valence-electron chi connectivity index (χ2n) is 6.48. The molecule has 0 saturated heterocycles. The van der Waals surface area contributed by atoms with Crippen LogP contribution in [0.1, 0.15) is 57.6 Å². The molecule has 0 aromatic carbocycles. The van der Waals surface area contributed by atoms with Crippen LogP contribution in [-0.4, -0.2) is 15.8 Å². The number of nitrogens with zero attached hydrogens (tertiary/aromatic N) is 2. The maximum Gasteiger partial charge on any atom is 0.0853 e. The van der Waals surface area contributed by atoms with Gasteiger partial charge < -0.3 is 5.32 Å². The van der Waals surface area contributed by atoms with E-state index in [1.807, 2.05) is 11.7 Å². The predicted octanol–water partition coefficient (Wildman–Crippen LogP) is 3.75. The fourth-order valence-corrected chi connectivity index (χ4v) is 4.14. The Labute approximate surface area is 116 Å². The lowest BCUT2D eigenvalue weighted by molar-refractivity contribution is 0.162. The third kappa shape index (κ3) is 2.80. The fourth-order valence-electron chi connectivity index (χ4n) is 4.14. The Hall–Kier alpha value is -0.990. The van der Waals surface area contributed by atoms with E-state index in [-0.39, 0.29) is 0 Å². The largest absolute Gasteiger partial charge is 0.380 e. The van der Waals surface area contributed by atoms with Gasteiger partial charge in [0.1, 0.15) is 0 Å². The van der Waals surface area contributed by atoms with Gasteiger partial charge >= 0.3 is 0 Å². The van der Waals surface area contributed by atoms with Crippen LogP contribution in [0.25, 0.3) is 0 Å². The first-order chi connectivity index (χ1) is 9.26. The molecule has 0 aliphatic heterocycles. The number of fused-ring (bicyclic) bond motifs is 1. The lowest BCUT2D eigenvalue weighted by Crippen LogP contribution is -2.34. The first-order valence-corrected chi connectivity index (χ1v) is 8.05. The molecule has 2 saturated carbocycles.